The third kappa shape index (κ3) is 4.33. The van der Waals surface area contributed by atoms with Crippen LogP contribution in [0.25, 0.3) is 0 Å². The van der Waals surface area contributed by atoms with Gasteiger partial charge < -0.3 is 19.7 Å². The van der Waals surface area contributed by atoms with Crippen LogP contribution in [-0.4, -0.2) is 54.0 Å². The van der Waals surface area contributed by atoms with Gasteiger partial charge in [-0.3, -0.25) is 14.6 Å². The predicted molar refractivity (Wildman–Crippen MR) is 97.6 cm³/mol. The lowest BCUT2D eigenvalue weighted by Gasteiger charge is -2.29. The number of nitrogens with one attached hydrogen (secondary N) is 1. The Bertz CT molecular complexity index is 826. The first-order valence-corrected chi connectivity index (χ1v) is 8.68. The number of methoxy groups -OCH3 is 2. The second-order valence-electron chi connectivity index (χ2n) is 6.14. The molecular formula is C19H22N4O4. The molecule has 3 rings (SSSR count). The molecule has 0 atom stereocenters. The molecule has 0 fully saturated rings. The van der Waals surface area contributed by atoms with Crippen LogP contribution in [0.1, 0.15) is 28.0 Å². The van der Waals surface area contributed by atoms with E-state index in [1.54, 1.807) is 19.1 Å². The van der Waals surface area contributed by atoms with Crippen LogP contribution in [0.4, 0.5) is 0 Å². The summed E-state index contributed by atoms with van der Waals surface area (Å²) in [6.45, 7) is 1.41. The fraction of sp³-hybridized carbons (Fsp3) is 0.368. The Hall–Kier alpha value is -3.16. The molecule has 1 aromatic carbocycles. The van der Waals surface area contributed by atoms with Crippen molar-refractivity contribution in [3.8, 4) is 11.5 Å². The minimum atomic E-state index is -0.336. The predicted octanol–water partition coefficient (Wildman–Crippen LogP) is 1.20. The van der Waals surface area contributed by atoms with Gasteiger partial charge >= 0.3 is 0 Å². The molecular weight excluding hydrogens is 348 g/mol. The molecule has 8 heteroatoms. The number of benzene rings is 1. The Morgan fingerprint density at radius 2 is 1.89 bits per heavy atom. The van der Waals surface area contributed by atoms with Crippen molar-refractivity contribution in [1.82, 2.24) is 20.2 Å². The molecule has 2 heterocycles. The van der Waals surface area contributed by atoms with E-state index >= 15 is 0 Å². The molecule has 1 aromatic heterocycles. The number of ether oxygens (including phenoxy) is 2. The van der Waals surface area contributed by atoms with Crippen molar-refractivity contribution in [3.05, 3.63) is 47.5 Å². The van der Waals surface area contributed by atoms with Crippen LogP contribution in [0, 0.1) is 0 Å². The van der Waals surface area contributed by atoms with Gasteiger partial charge in [-0.25, -0.2) is 4.98 Å². The number of fused-ring (bicyclic) bond motifs is 1. The van der Waals surface area contributed by atoms with Gasteiger partial charge in [0.1, 0.15) is 5.69 Å². The SMILES string of the molecule is COc1cc2c(cc1OC)CN(C(=O)CCNC(=O)c1cnccn1)CC2. The summed E-state index contributed by atoms with van der Waals surface area (Å²) in [4.78, 5) is 34.0. The number of hydrogen-bond donors (Lipinski definition) is 1. The van der Waals surface area contributed by atoms with Gasteiger partial charge in [0.2, 0.25) is 5.91 Å². The van der Waals surface area contributed by atoms with Crippen LogP contribution in [-0.2, 0) is 17.8 Å². The van der Waals surface area contributed by atoms with Gasteiger partial charge in [-0.15, -0.1) is 0 Å². The number of carbonyl (C=O) groups is 2. The summed E-state index contributed by atoms with van der Waals surface area (Å²) in [5.74, 6) is 1.01. The lowest BCUT2D eigenvalue weighted by Crippen LogP contribution is -2.38. The van der Waals surface area contributed by atoms with E-state index in [4.69, 9.17) is 9.47 Å². The van der Waals surface area contributed by atoms with Gasteiger partial charge in [0.15, 0.2) is 11.5 Å². The minimum Gasteiger partial charge on any atom is -0.493 e. The lowest BCUT2D eigenvalue weighted by molar-refractivity contribution is -0.131. The van der Waals surface area contributed by atoms with Crippen molar-refractivity contribution in [2.24, 2.45) is 0 Å². The van der Waals surface area contributed by atoms with Gasteiger partial charge in [-0.1, -0.05) is 0 Å². The Kier molecular flexibility index (Phi) is 5.85. The van der Waals surface area contributed by atoms with E-state index in [0.29, 0.717) is 24.6 Å². The lowest BCUT2D eigenvalue weighted by atomic mass is 9.98. The molecule has 8 nitrogen and oxygen atoms in total. The molecule has 0 bridgehead atoms. The van der Waals surface area contributed by atoms with E-state index in [-0.39, 0.29) is 30.5 Å². The van der Waals surface area contributed by atoms with Gasteiger partial charge in [0, 0.05) is 38.4 Å². The number of aromatic nitrogens is 2. The highest BCUT2D eigenvalue weighted by Crippen LogP contribution is 2.33. The van der Waals surface area contributed by atoms with Crippen LogP contribution in [0.3, 0.4) is 0 Å². The molecule has 1 N–H and O–H groups in total. The Morgan fingerprint density at radius 3 is 2.56 bits per heavy atom. The average molecular weight is 370 g/mol. The van der Waals surface area contributed by atoms with Gasteiger partial charge in [0.25, 0.3) is 5.91 Å². The molecule has 0 unspecified atom stereocenters. The van der Waals surface area contributed by atoms with Gasteiger partial charge in [-0.05, 0) is 29.7 Å². The number of amides is 2. The van der Waals surface area contributed by atoms with Crippen molar-refractivity contribution in [1.29, 1.82) is 0 Å². The molecule has 0 saturated carbocycles. The largest absolute Gasteiger partial charge is 0.493 e. The monoisotopic (exact) mass is 370 g/mol. The number of nitrogens with zero attached hydrogens (tertiary/aromatic N) is 3. The van der Waals surface area contributed by atoms with E-state index < -0.39 is 0 Å². The summed E-state index contributed by atoms with van der Waals surface area (Å²) in [7, 11) is 3.20. The fourth-order valence-electron chi connectivity index (χ4n) is 3.04. The number of carbonyl (C=O) groups excluding carboxylic acids is 2. The van der Waals surface area contributed by atoms with E-state index in [0.717, 1.165) is 17.5 Å². The molecule has 1 aliphatic heterocycles. The third-order valence-electron chi connectivity index (χ3n) is 4.49. The van der Waals surface area contributed by atoms with Crippen LogP contribution < -0.4 is 14.8 Å². The van der Waals surface area contributed by atoms with Crippen molar-refractivity contribution < 1.29 is 19.1 Å². The van der Waals surface area contributed by atoms with Crippen LogP contribution in [0.5, 0.6) is 11.5 Å². The molecule has 27 heavy (non-hydrogen) atoms. The van der Waals surface area contributed by atoms with Crippen molar-refractivity contribution in [2.75, 3.05) is 27.3 Å². The fourth-order valence-corrected chi connectivity index (χ4v) is 3.04. The van der Waals surface area contributed by atoms with Crippen LogP contribution in [0.15, 0.2) is 30.7 Å². The standard InChI is InChI=1S/C19H22N4O4/c1-26-16-9-13-4-8-23(12-14(13)10-17(16)27-2)18(24)3-5-22-19(25)15-11-20-6-7-21-15/h6-7,9-11H,3-5,8,12H2,1-2H3,(H,22,25). The highest BCUT2D eigenvalue weighted by molar-refractivity contribution is 5.92. The summed E-state index contributed by atoms with van der Waals surface area (Å²) in [5, 5.41) is 2.70. The number of hydrogen-bond acceptors (Lipinski definition) is 6. The quantitative estimate of drug-likeness (QED) is 0.821. The smallest absolute Gasteiger partial charge is 0.271 e. The summed E-state index contributed by atoms with van der Waals surface area (Å²) in [6, 6.07) is 3.89. The van der Waals surface area contributed by atoms with Gasteiger partial charge in [0.05, 0.1) is 20.4 Å². The van der Waals surface area contributed by atoms with Gasteiger partial charge in [-0.2, -0.15) is 0 Å². The molecule has 0 saturated heterocycles. The maximum absolute atomic E-state index is 12.5. The zero-order valence-electron chi connectivity index (χ0n) is 15.4. The van der Waals surface area contributed by atoms with E-state index in [2.05, 4.69) is 15.3 Å². The maximum Gasteiger partial charge on any atom is 0.271 e. The molecule has 0 spiro atoms. The van der Waals surface area contributed by atoms with Crippen LogP contribution in [0.2, 0.25) is 0 Å². The zero-order chi connectivity index (χ0) is 19.2. The zero-order valence-corrected chi connectivity index (χ0v) is 15.4. The first kappa shape index (κ1) is 18.6. The Morgan fingerprint density at radius 1 is 1.15 bits per heavy atom. The van der Waals surface area contributed by atoms with Crippen LogP contribution >= 0.6 is 0 Å². The van der Waals surface area contributed by atoms with E-state index in [1.165, 1.54) is 18.6 Å². The molecule has 142 valence electrons. The average Bonchev–Trinajstić information content (AvgIpc) is 2.72. The van der Waals surface area contributed by atoms with E-state index in [1.807, 2.05) is 12.1 Å². The summed E-state index contributed by atoms with van der Waals surface area (Å²) < 4.78 is 10.7. The molecule has 2 amide bonds. The summed E-state index contributed by atoms with van der Waals surface area (Å²) in [5.41, 5.74) is 2.45. The molecule has 2 aromatic rings. The minimum absolute atomic E-state index is 0.00474. The Balaban J connectivity index is 1.55. The van der Waals surface area contributed by atoms with Crippen molar-refractivity contribution in [3.63, 3.8) is 0 Å². The van der Waals surface area contributed by atoms with E-state index in [9.17, 15) is 9.59 Å². The number of rotatable bonds is 6. The molecule has 1 aliphatic rings. The first-order valence-electron chi connectivity index (χ1n) is 8.68. The second kappa shape index (κ2) is 8.48. The first-order chi connectivity index (χ1) is 13.1. The molecule has 0 aliphatic carbocycles. The molecule has 0 radical (unpaired) electrons. The summed E-state index contributed by atoms with van der Waals surface area (Å²) >= 11 is 0. The van der Waals surface area contributed by atoms with Crippen molar-refractivity contribution >= 4 is 11.8 Å². The maximum atomic E-state index is 12.5. The third-order valence-corrected chi connectivity index (χ3v) is 4.49. The highest BCUT2D eigenvalue weighted by atomic mass is 16.5. The normalized spacial score (nSPS) is 12.9. The topological polar surface area (TPSA) is 93.7 Å². The highest BCUT2D eigenvalue weighted by Gasteiger charge is 2.22. The summed E-state index contributed by atoms with van der Waals surface area (Å²) in [6.07, 6.45) is 5.33. The van der Waals surface area contributed by atoms with Crippen molar-refractivity contribution in [2.45, 2.75) is 19.4 Å². The second-order valence-corrected chi connectivity index (χ2v) is 6.14. The Labute approximate surface area is 157 Å².